The van der Waals surface area contributed by atoms with Crippen LogP contribution in [0, 0.1) is 11.8 Å². The lowest BCUT2D eigenvalue weighted by Gasteiger charge is -2.31. The van der Waals surface area contributed by atoms with Crippen molar-refractivity contribution in [3.8, 4) is 0 Å². The van der Waals surface area contributed by atoms with Gasteiger partial charge in [0.25, 0.3) is 0 Å². The Kier molecular flexibility index (Phi) is 3.68. The number of rotatable bonds is 4. The number of alkyl halides is 1. The van der Waals surface area contributed by atoms with E-state index in [1.54, 1.807) is 18.2 Å². The Labute approximate surface area is 137 Å². The third-order valence-electron chi connectivity index (χ3n) is 4.95. The van der Waals surface area contributed by atoms with Gasteiger partial charge in [0.1, 0.15) is 11.2 Å². The normalized spacial score (nSPS) is 39.6. The number of carboxylic acids is 1. The quantitative estimate of drug-likeness (QED) is 0.877. The summed E-state index contributed by atoms with van der Waals surface area (Å²) < 4.78 is 19.8. The molecule has 0 unspecified atom stereocenters. The van der Waals surface area contributed by atoms with Gasteiger partial charge >= 0.3 is 5.97 Å². The minimum Gasteiger partial charge on any atom is -0.480 e. The highest BCUT2D eigenvalue weighted by atomic mass is 35.5. The lowest BCUT2D eigenvalue weighted by molar-refractivity contribution is -0.152. The Morgan fingerprint density at radius 3 is 2.77 bits per heavy atom. The van der Waals surface area contributed by atoms with E-state index < -0.39 is 29.2 Å². The van der Waals surface area contributed by atoms with Crippen LogP contribution >= 0.6 is 23.2 Å². The standard InChI is InChI=1S/C15H16Cl2FNO3/c1-14(18)8-5-11(15(19,12(8)14)13(20)21)22-6-7-2-3-9(16)10(17)4-7/h2-4,8,11-12H,5-6,19H2,1H3,(H,20,21)/t8-,11-,12+,14-,15+/m1/s1. The molecule has 1 aromatic rings. The fourth-order valence-electron chi connectivity index (χ4n) is 3.66. The SMILES string of the molecule is C[C@@]1(F)[C@@H]2C[C@@H](OCc3ccc(Cl)c(Cl)c3)[C@@](N)(C(=O)O)[C@@H]21. The highest BCUT2D eigenvalue weighted by Gasteiger charge is 2.79. The monoisotopic (exact) mass is 347 g/mol. The Morgan fingerprint density at radius 1 is 1.50 bits per heavy atom. The molecule has 4 nitrogen and oxygen atoms in total. The van der Waals surface area contributed by atoms with E-state index in [0.717, 1.165) is 5.56 Å². The van der Waals surface area contributed by atoms with Gasteiger partial charge in [-0.15, -0.1) is 0 Å². The molecule has 0 spiro atoms. The van der Waals surface area contributed by atoms with Crippen LogP contribution in [0.25, 0.3) is 0 Å². The number of carbonyl (C=O) groups is 1. The summed E-state index contributed by atoms with van der Waals surface area (Å²) >= 11 is 11.8. The molecular weight excluding hydrogens is 332 g/mol. The van der Waals surface area contributed by atoms with Crippen LogP contribution in [0.4, 0.5) is 4.39 Å². The molecule has 0 amide bonds. The van der Waals surface area contributed by atoms with Gasteiger partial charge in [0, 0.05) is 11.8 Å². The van der Waals surface area contributed by atoms with Gasteiger partial charge in [-0.2, -0.15) is 0 Å². The smallest absolute Gasteiger partial charge is 0.326 e. The molecule has 7 heteroatoms. The van der Waals surface area contributed by atoms with Crippen LogP contribution in [-0.2, 0) is 16.1 Å². The molecule has 0 bridgehead atoms. The van der Waals surface area contributed by atoms with Crippen LogP contribution in [-0.4, -0.2) is 28.4 Å². The molecule has 2 fully saturated rings. The summed E-state index contributed by atoms with van der Waals surface area (Å²) in [6, 6.07) is 5.03. The van der Waals surface area contributed by atoms with Crippen molar-refractivity contribution in [3.05, 3.63) is 33.8 Å². The molecule has 3 rings (SSSR count). The lowest BCUT2D eigenvalue weighted by Crippen LogP contribution is -2.59. The first kappa shape index (κ1) is 16.0. The molecule has 0 heterocycles. The van der Waals surface area contributed by atoms with Gasteiger partial charge in [-0.1, -0.05) is 29.3 Å². The van der Waals surface area contributed by atoms with Crippen LogP contribution in [0.3, 0.4) is 0 Å². The summed E-state index contributed by atoms with van der Waals surface area (Å²) in [7, 11) is 0. The fraction of sp³-hybridized carbons (Fsp3) is 0.533. The van der Waals surface area contributed by atoms with Crippen LogP contribution in [0.15, 0.2) is 18.2 Å². The summed E-state index contributed by atoms with van der Waals surface area (Å²) in [5.41, 5.74) is 3.56. The topological polar surface area (TPSA) is 72.5 Å². The molecule has 0 aromatic heterocycles. The van der Waals surface area contributed by atoms with E-state index in [1.807, 2.05) is 0 Å². The van der Waals surface area contributed by atoms with Crippen molar-refractivity contribution in [2.45, 2.75) is 37.3 Å². The molecule has 0 aliphatic heterocycles. The zero-order valence-corrected chi connectivity index (χ0v) is 13.4. The van der Waals surface area contributed by atoms with E-state index in [0.29, 0.717) is 16.5 Å². The number of fused-ring (bicyclic) bond motifs is 1. The van der Waals surface area contributed by atoms with Gasteiger partial charge in [-0.05, 0) is 31.0 Å². The van der Waals surface area contributed by atoms with Crippen molar-refractivity contribution in [1.82, 2.24) is 0 Å². The van der Waals surface area contributed by atoms with E-state index in [-0.39, 0.29) is 12.5 Å². The Morgan fingerprint density at radius 2 is 2.18 bits per heavy atom. The zero-order valence-electron chi connectivity index (χ0n) is 11.9. The van der Waals surface area contributed by atoms with Crippen LogP contribution in [0.2, 0.25) is 10.0 Å². The summed E-state index contributed by atoms with van der Waals surface area (Å²) in [4.78, 5) is 11.6. The molecule has 22 heavy (non-hydrogen) atoms. The second-order valence-corrected chi connectivity index (χ2v) is 7.07. The first-order valence-electron chi connectivity index (χ1n) is 6.95. The van der Waals surface area contributed by atoms with Crippen molar-refractivity contribution in [2.24, 2.45) is 17.6 Å². The highest BCUT2D eigenvalue weighted by Crippen LogP contribution is 2.66. The second-order valence-electron chi connectivity index (χ2n) is 6.26. The molecule has 0 radical (unpaired) electrons. The van der Waals surface area contributed by atoms with Gasteiger partial charge in [0.15, 0.2) is 0 Å². The summed E-state index contributed by atoms with van der Waals surface area (Å²) in [6.45, 7) is 1.55. The van der Waals surface area contributed by atoms with E-state index >= 15 is 0 Å². The number of nitrogens with two attached hydrogens (primary N) is 1. The largest absolute Gasteiger partial charge is 0.480 e. The third kappa shape index (κ3) is 2.22. The van der Waals surface area contributed by atoms with E-state index in [1.165, 1.54) is 6.92 Å². The number of aliphatic carboxylic acids is 1. The molecule has 2 saturated carbocycles. The Bertz CT molecular complexity index is 639. The minimum atomic E-state index is -1.69. The number of hydrogen-bond donors (Lipinski definition) is 2. The lowest BCUT2D eigenvalue weighted by atomic mass is 9.88. The number of carboxylic acid groups (broad SMARTS) is 1. The predicted octanol–water partition coefficient (Wildman–Crippen LogP) is 3.04. The number of ether oxygens (including phenoxy) is 1. The first-order chi connectivity index (χ1) is 10.2. The molecule has 1 aromatic carbocycles. The predicted molar refractivity (Wildman–Crippen MR) is 80.7 cm³/mol. The van der Waals surface area contributed by atoms with E-state index in [4.69, 9.17) is 33.7 Å². The maximum Gasteiger partial charge on any atom is 0.326 e. The molecule has 2 aliphatic rings. The first-order valence-corrected chi connectivity index (χ1v) is 7.71. The summed E-state index contributed by atoms with van der Waals surface area (Å²) in [5, 5.41) is 10.3. The van der Waals surface area contributed by atoms with Gasteiger partial charge in [-0.25, -0.2) is 4.39 Å². The van der Waals surface area contributed by atoms with Crippen LogP contribution in [0.1, 0.15) is 18.9 Å². The number of halogens is 3. The molecule has 5 atom stereocenters. The van der Waals surface area contributed by atoms with Gasteiger partial charge in [0.2, 0.25) is 0 Å². The fourth-order valence-corrected chi connectivity index (χ4v) is 3.98. The Hall–Kier alpha value is -0.880. The average molecular weight is 348 g/mol. The maximum absolute atomic E-state index is 14.2. The van der Waals surface area contributed by atoms with Gasteiger partial charge in [-0.3, -0.25) is 4.79 Å². The van der Waals surface area contributed by atoms with Crippen LogP contribution < -0.4 is 5.73 Å². The van der Waals surface area contributed by atoms with Gasteiger partial charge < -0.3 is 15.6 Å². The molecule has 120 valence electrons. The average Bonchev–Trinajstić information content (AvgIpc) is 2.82. The van der Waals surface area contributed by atoms with Crippen molar-refractivity contribution >= 4 is 29.2 Å². The van der Waals surface area contributed by atoms with Crippen molar-refractivity contribution in [2.75, 3.05) is 0 Å². The van der Waals surface area contributed by atoms with Crippen molar-refractivity contribution in [1.29, 1.82) is 0 Å². The molecule has 2 aliphatic carbocycles. The Balaban J connectivity index is 1.73. The number of hydrogen-bond acceptors (Lipinski definition) is 3. The molecular formula is C15H16Cl2FNO3. The van der Waals surface area contributed by atoms with Crippen molar-refractivity contribution < 1.29 is 19.0 Å². The summed E-state index contributed by atoms with van der Waals surface area (Å²) in [6.07, 6.45) is -0.416. The maximum atomic E-state index is 14.2. The third-order valence-corrected chi connectivity index (χ3v) is 5.69. The minimum absolute atomic E-state index is 0.149. The number of benzene rings is 1. The van der Waals surface area contributed by atoms with Gasteiger partial charge in [0.05, 0.1) is 22.8 Å². The molecule has 0 saturated heterocycles. The highest BCUT2D eigenvalue weighted by molar-refractivity contribution is 6.42. The molecule has 3 N–H and O–H groups in total. The van der Waals surface area contributed by atoms with Crippen molar-refractivity contribution in [3.63, 3.8) is 0 Å². The van der Waals surface area contributed by atoms with E-state index in [9.17, 15) is 14.3 Å². The summed E-state index contributed by atoms with van der Waals surface area (Å²) in [5.74, 6) is -2.27. The van der Waals surface area contributed by atoms with Crippen LogP contribution in [0.5, 0.6) is 0 Å². The second kappa shape index (κ2) is 5.06. The zero-order chi connectivity index (χ0) is 16.3. The van der Waals surface area contributed by atoms with E-state index in [2.05, 4.69) is 0 Å².